The molecule has 0 saturated carbocycles. The van der Waals surface area contributed by atoms with E-state index in [0.29, 0.717) is 44.0 Å². The van der Waals surface area contributed by atoms with Crippen LogP contribution in [0.1, 0.15) is 37.0 Å². The highest BCUT2D eigenvalue weighted by atomic mass is 31.2. The third kappa shape index (κ3) is 6.14. The fraction of sp³-hybridized carbons (Fsp3) is 0.522. The maximum atomic E-state index is 12.6. The first-order valence-electron chi connectivity index (χ1n) is 10.8. The molecule has 0 radical (unpaired) electrons. The number of carbonyl (C=O) groups excluding carboxylic acids is 1. The Balaban J connectivity index is 1.45. The molecule has 7 heteroatoms. The van der Waals surface area contributed by atoms with Gasteiger partial charge in [0.1, 0.15) is 0 Å². The van der Waals surface area contributed by atoms with Crippen LogP contribution in [0, 0.1) is 5.92 Å². The van der Waals surface area contributed by atoms with E-state index in [9.17, 15) is 9.36 Å². The van der Waals surface area contributed by atoms with Gasteiger partial charge in [0, 0.05) is 6.54 Å². The minimum atomic E-state index is -2.99. The molecule has 0 aromatic heterocycles. The van der Waals surface area contributed by atoms with Crippen LogP contribution in [0.2, 0.25) is 0 Å². The normalized spacial score (nSPS) is 16.1. The molecule has 0 bridgehead atoms. The number of piperidine rings is 1. The molecule has 30 heavy (non-hydrogen) atoms. The zero-order valence-corrected chi connectivity index (χ0v) is 18.8. The Morgan fingerprint density at radius 2 is 1.70 bits per heavy atom. The number of rotatable bonds is 10. The molecule has 0 N–H and O–H groups in total. The number of hydrogen-bond donors (Lipinski definition) is 0. The Morgan fingerprint density at radius 3 is 2.40 bits per heavy atom. The van der Waals surface area contributed by atoms with Crippen molar-refractivity contribution in [3.05, 3.63) is 48.0 Å². The molecule has 0 atom stereocenters. The summed E-state index contributed by atoms with van der Waals surface area (Å²) in [5, 5.41) is 1.96. The van der Waals surface area contributed by atoms with Gasteiger partial charge in [-0.05, 0) is 62.5 Å². The van der Waals surface area contributed by atoms with Crippen LogP contribution in [-0.2, 0) is 18.3 Å². The number of hydrogen-bond acceptors (Lipinski definition) is 6. The number of carbonyl (C=O) groups is 1. The van der Waals surface area contributed by atoms with Crippen molar-refractivity contribution >= 4 is 24.3 Å². The molecule has 2 aromatic rings. The van der Waals surface area contributed by atoms with Crippen LogP contribution in [-0.4, -0.2) is 56.5 Å². The molecule has 2 aromatic carbocycles. The van der Waals surface area contributed by atoms with Gasteiger partial charge in [0.05, 0.1) is 31.5 Å². The van der Waals surface area contributed by atoms with Gasteiger partial charge in [0.25, 0.3) is 0 Å². The van der Waals surface area contributed by atoms with Crippen molar-refractivity contribution in [2.45, 2.75) is 26.7 Å². The molecule has 3 rings (SSSR count). The number of ether oxygens (including phenoxy) is 1. The van der Waals surface area contributed by atoms with E-state index in [0.717, 1.165) is 36.7 Å². The summed E-state index contributed by atoms with van der Waals surface area (Å²) in [5.41, 5.74) is 0.619. The van der Waals surface area contributed by atoms with Crippen LogP contribution in [0.15, 0.2) is 42.5 Å². The summed E-state index contributed by atoms with van der Waals surface area (Å²) in [4.78, 5) is 14.9. The first kappa shape index (κ1) is 23.0. The minimum absolute atomic E-state index is 0.261. The number of esters is 1. The standard InChI is InChI=1S/C23H32NO5P/c1-3-28-30(26,29-4-2)17-16-24-14-12-19(13-15-24)18-27-23(25)22-11-7-9-20-8-5-6-10-21(20)22/h5-11,19H,3-4,12-18H2,1-2H3. The average molecular weight is 433 g/mol. The van der Waals surface area contributed by atoms with E-state index in [1.807, 2.05) is 56.3 Å². The van der Waals surface area contributed by atoms with E-state index in [4.69, 9.17) is 13.8 Å². The molecule has 0 amide bonds. The summed E-state index contributed by atoms with van der Waals surface area (Å²) in [6.45, 7) is 7.37. The Morgan fingerprint density at radius 1 is 1.03 bits per heavy atom. The van der Waals surface area contributed by atoms with Crippen molar-refractivity contribution in [2.75, 3.05) is 45.6 Å². The van der Waals surface area contributed by atoms with E-state index in [2.05, 4.69) is 4.90 Å². The van der Waals surface area contributed by atoms with Crippen molar-refractivity contribution in [3.63, 3.8) is 0 Å². The Hall–Kier alpha value is -1.72. The molecular formula is C23H32NO5P. The molecule has 1 heterocycles. The largest absolute Gasteiger partial charge is 0.462 e. The van der Waals surface area contributed by atoms with Crippen molar-refractivity contribution in [1.29, 1.82) is 0 Å². The van der Waals surface area contributed by atoms with Gasteiger partial charge in [-0.3, -0.25) is 4.57 Å². The van der Waals surface area contributed by atoms with Crippen LogP contribution < -0.4 is 0 Å². The fourth-order valence-electron chi connectivity index (χ4n) is 3.88. The zero-order valence-electron chi connectivity index (χ0n) is 17.9. The number of nitrogens with zero attached hydrogens (tertiary/aromatic N) is 1. The van der Waals surface area contributed by atoms with E-state index in [-0.39, 0.29) is 5.97 Å². The van der Waals surface area contributed by atoms with E-state index >= 15 is 0 Å². The fourth-order valence-corrected chi connectivity index (χ4v) is 5.52. The van der Waals surface area contributed by atoms with Gasteiger partial charge in [-0.15, -0.1) is 0 Å². The lowest BCUT2D eigenvalue weighted by molar-refractivity contribution is 0.0376. The van der Waals surface area contributed by atoms with Crippen LogP contribution >= 0.6 is 7.60 Å². The number of likely N-dealkylation sites (tertiary alicyclic amines) is 1. The first-order valence-corrected chi connectivity index (χ1v) is 12.5. The summed E-state index contributed by atoms with van der Waals surface area (Å²) in [7, 11) is -2.99. The summed E-state index contributed by atoms with van der Waals surface area (Å²) >= 11 is 0. The highest BCUT2D eigenvalue weighted by molar-refractivity contribution is 7.53. The van der Waals surface area contributed by atoms with E-state index < -0.39 is 7.60 Å². The SMILES string of the molecule is CCOP(=O)(CCN1CCC(COC(=O)c2cccc3ccccc23)CC1)OCC. The molecule has 1 fully saturated rings. The third-order valence-electron chi connectivity index (χ3n) is 5.51. The second-order valence-corrected chi connectivity index (χ2v) is 9.77. The summed E-state index contributed by atoms with van der Waals surface area (Å²) < 4.78 is 29.0. The zero-order chi connectivity index (χ0) is 21.4. The topological polar surface area (TPSA) is 65.1 Å². The smallest absolute Gasteiger partial charge is 0.338 e. The van der Waals surface area contributed by atoms with Crippen LogP contribution in [0.25, 0.3) is 10.8 Å². The maximum Gasteiger partial charge on any atom is 0.338 e. The summed E-state index contributed by atoms with van der Waals surface area (Å²) in [6, 6.07) is 13.6. The van der Waals surface area contributed by atoms with Crippen molar-refractivity contribution in [3.8, 4) is 0 Å². The molecule has 0 aliphatic carbocycles. The number of fused-ring (bicyclic) bond motifs is 1. The van der Waals surface area contributed by atoms with Gasteiger partial charge < -0.3 is 18.7 Å². The van der Waals surface area contributed by atoms with Gasteiger partial charge >= 0.3 is 13.6 Å². The van der Waals surface area contributed by atoms with Gasteiger partial charge in [0.2, 0.25) is 0 Å². The minimum Gasteiger partial charge on any atom is -0.462 e. The van der Waals surface area contributed by atoms with E-state index in [1.54, 1.807) is 0 Å². The summed E-state index contributed by atoms with van der Waals surface area (Å²) in [5.74, 6) is 0.0920. The van der Waals surface area contributed by atoms with Crippen LogP contribution in [0.3, 0.4) is 0 Å². The molecule has 1 aliphatic heterocycles. The molecule has 0 spiro atoms. The Kier molecular flexibility index (Phi) is 8.46. The van der Waals surface area contributed by atoms with Crippen molar-refractivity contribution in [1.82, 2.24) is 4.90 Å². The lowest BCUT2D eigenvalue weighted by Crippen LogP contribution is -2.37. The molecular weight excluding hydrogens is 401 g/mol. The van der Waals surface area contributed by atoms with Gasteiger partial charge in [-0.25, -0.2) is 4.79 Å². The van der Waals surface area contributed by atoms with Gasteiger partial charge in [-0.2, -0.15) is 0 Å². The average Bonchev–Trinajstić information content (AvgIpc) is 2.77. The van der Waals surface area contributed by atoms with Crippen LogP contribution in [0.4, 0.5) is 0 Å². The predicted octanol–water partition coefficient (Wildman–Crippen LogP) is 4.97. The molecule has 6 nitrogen and oxygen atoms in total. The van der Waals surface area contributed by atoms with Gasteiger partial charge in [-0.1, -0.05) is 36.4 Å². The molecule has 164 valence electrons. The maximum absolute atomic E-state index is 12.6. The van der Waals surface area contributed by atoms with E-state index in [1.165, 1.54) is 0 Å². The predicted molar refractivity (Wildman–Crippen MR) is 119 cm³/mol. The van der Waals surface area contributed by atoms with Crippen LogP contribution in [0.5, 0.6) is 0 Å². The second-order valence-electron chi connectivity index (χ2n) is 7.58. The summed E-state index contributed by atoms with van der Waals surface area (Å²) in [6.07, 6.45) is 2.32. The van der Waals surface area contributed by atoms with Gasteiger partial charge in [0.15, 0.2) is 0 Å². The molecule has 0 unspecified atom stereocenters. The van der Waals surface area contributed by atoms with Crippen molar-refractivity contribution in [2.24, 2.45) is 5.92 Å². The lowest BCUT2D eigenvalue weighted by Gasteiger charge is -2.32. The number of benzene rings is 2. The highest BCUT2D eigenvalue weighted by Crippen LogP contribution is 2.47. The molecule has 1 saturated heterocycles. The van der Waals surface area contributed by atoms with Crippen molar-refractivity contribution < 1.29 is 23.1 Å². The first-order chi connectivity index (χ1) is 14.5. The lowest BCUT2D eigenvalue weighted by atomic mass is 9.98. The third-order valence-corrected chi connectivity index (χ3v) is 7.56. The second kappa shape index (κ2) is 11.1. The highest BCUT2D eigenvalue weighted by Gasteiger charge is 2.27. The Labute approximate surface area is 179 Å². The monoisotopic (exact) mass is 433 g/mol. The molecule has 1 aliphatic rings. The Bertz CT molecular complexity index is 864. The quantitative estimate of drug-likeness (QED) is 0.389.